The number of carbonyl (C=O) groups is 2. The zero-order chi connectivity index (χ0) is 18.7. The summed E-state index contributed by atoms with van der Waals surface area (Å²) < 4.78 is 6.52. The van der Waals surface area contributed by atoms with Crippen LogP contribution in [0.3, 0.4) is 0 Å². The van der Waals surface area contributed by atoms with Gasteiger partial charge in [0.2, 0.25) is 0 Å². The van der Waals surface area contributed by atoms with Crippen LogP contribution in [-0.4, -0.2) is 39.9 Å². The van der Waals surface area contributed by atoms with Gasteiger partial charge in [-0.2, -0.15) is 0 Å². The number of benzene rings is 1. The quantitative estimate of drug-likeness (QED) is 0.744. The number of nitrogens with zero attached hydrogens (tertiary/aromatic N) is 2. The highest BCUT2D eigenvalue weighted by molar-refractivity contribution is 7.18. The maximum Gasteiger partial charge on any atom is 0.306 e. The number of para-hydroxylation sites is 1. The Balaban J connectivity index is 1.52. The molecule has 2 heterocycles. The van der Waals surface area contributed by atoms with Crippen molar-refractivity contribution in [2.24, 2.45) is 0 Å². The van der Waals surface area contributed by atoms with Gasteiger partial charge in [-0.1, -0.05) is 12.1 Å². The molecule has 2 aromatic rings. The van der Waals surface area contributed by atoms with Crippen molar-refractivity contribution in [1.82, 2.24) is 9.88 Å². The van der Waals surface area contributed by atoms with Crippen LogP contribution in [0, 0.1) is 0 Å². The number of esters is 1. The fourth-order valence-corrected chi connectivity index (χ4v) is 4.57. The lowest BCUT2D eigenvalue weighted by molar-refractivity contribution is -0.162. The molecular weight excluding hydrogens is 348 g/mol. The zero-order valence-electron chi connectivity index (χ0n) is 15.6. The third kappa shape index (κ3) is 4.23. The van der Waals surface area contributed by atoms with Gasteiger partial charge in [0.25, 0.3) is 5.91 Å². The molecule has 0 bridgehead atoms. The van der Waals surface area contributed by atoms with Gasteiger partial charge in [0.15, 0.2) is 6.10 Å². The second-order valence-electron chi connectivity index (χ2n) is 7.08. The highest BCUT2D eigenvalue weighted by Gasteiger charge is 2.33. The summed E-state index contributed by atoms with van der Waals surface area (Å²) in [6.45, 7) is 5.80. The number of rotatable bonds is 5. The second-order valence-corrected chi connectivity index (χ2v) is 8.20. The van der Waals surface area contributed by atoms with Crippen LogP contribution in [0.1, 0.15) is 51.5 Å². The molecule has 1 amide bonds. The summed E-state index contributed by atoms with van der Waals surface area (Å²) in [6, 6.07) is 8.33. The smallest absolute Gasteiger partial charge is 0.306 e. The van der Waals surface area contributed by atoms with E-state index >= 15 is 0 Å². The normalized spacial score (nSPS) is 21.6. The Kier molecular flexibility index (Phi) is 5.91. The van der Waals surface area contributed by atoms with Gasteiger partial charge in [0.1, 0.15) is 0 Å². The third-order valence-electron chi connectivity index (χ3n) is 4.99. The van der Waals surface area contributed by atoms with Gasteiger partial charge in [-0.15, -0.1) is 11.3 Å². The Morgan fingerprint density at radius 2 is 1.96 bits per heavy atom. The van der Waals surface area contributed by atoms with E-state index in [0.29, 0.717) is 6.42 Å². The van der Waals surface area contributed by atoms with Crippen LogP contribution in [0.25, 0.3) is 10.2 Å². The molecule has 0 spiro atoms. The highest BCUT2D eigenvalue weighted by atomic mass is 32.1. The summed E-state index contributed by atoms with van der Waals surface area (Å²) >= 11 is 1.59. The molecule has 26 heavy (non-hydrogen) atoms. The fourth-order valence-electron chi connectivity index (χ4n) is 3.61. The number of aryl methyl sites for hydroxylation is 1. The van der Waals surface area contributed by atoms with Crippen LogP contribution in [0.4, 0.5) is 0 Å². The van der Waals surface area contributed by atoms with E-state index in [0.717, 1.165) is 34.5 Å². The Labute approximate surface area is 158 Å². The van der Waals surface area contributed by atoms with Gasteiger partial charge in [0.05, 0.1) is 21.6 Å². The van der Waals surface area contributed by atoms with Crippen LogP contribution in [0.2, 0.25) is 0 Å². The minimum Gasteiger partial charge on any atom is -0.453 e. The molecule has 0 radical (unpaired) electrons. The molecule has 5 nitrogen and oxygen atoms in total. The minimum absolute atomic E-state index is 0.0852. The first-order chi connectivity index (χ1) is 12.5. The largest absolute Gasteiger partial charge is 0.453 e. The van der Waals surface area contributed by atoms with E-state index in [4.69, 9.17) is 4.74 Å². The summed E-state index contributed by atoms with van der Waals surface area (Å²) in [5.41, 5.74) is 0.956. The van der Waals surface area contributed by atoms with Crippen LogP contribution >= 0.6 is 11.3 Å². The lowest BCUT2D eigenvalue weighted by Gasteiger charge is -2.40. The maximum atomic E-state index is 12.7. The Morgan fingerprint density at radius 3 is 2.65 bits per heavy atom. The Hall–Kier alpha value is -1.95. The standard InChI is InChI=1S/C20H26N2O3S/c1-13-7-6-8-14(2)22(13)20(24)15(3)25-19(23)12-11-18-21-16-9-4-5-10-17(16)26-18/h4-5,9-10,13-15H,6-8,11-12H2,1-3H3/t13-,14+,15-/m1/s1. The molecule has 3 atom stereocenters. The number of likely N-dealkylation sites (tertiary alicyclic amines) is 1. The summed E-state index contributed by atoms with van der Waals surface area (Å²) in [5, 5.41) is 0.917. The molecule has 1 aromatic heterocycles. The van der Waals surface area contributed by atoms with E-state index in [-0.39, 0.29) is 30.4 Å². The van der Waals surface area contributed by atoms with Crippen molar-refractivity contribution in [1.29, 1.82) is 0 Å². The predicted octanol–water partition coefficient (Wildman–Crippen LogP) is 3.95. The molecule has 0 N–H and O–H groups in total. The van der Waals surface area contributed by atoms with E-state index < -0.39 is 6.10 Å². The number of ether oxygens (including phenoxy) is 1. The van der Waals surface area contributed by atoms with Gasteiger partial charge in [-0.3, -0.25) is 9.59 Å². The number of amides is 1. The molecule has 1 aromatic carbocycles. The van der Waals surface area contributed by atoms with Crippen molar-refractivity contribution < 1.29 is 14.3 Å². The average Bonchev–Trinajstić information content (AvgIpc) is 3.02. The average molecular weight is 375 g/mol. The topological polar surface area (TPSA) is 59.5 Å². The van der Waals surface area contributed by atoms with Crippen molar-refractivity contribution >= 4 is 33.4 Å². The summed E-state index contributed by atoms with van der Waals surface area (Å²) in [4.78, 5) is 31.3. The molecule has 6 heteroatoms. The number of carbonyl (C=O) groups excluding carboxylic acids is 2. The van der Waals surface area contributed by atoms with E-state index in [1.54, 1.807) is 18.3 Å². The summed E-state index contributed by atoms with van der Waals surface area (Å²) in [7, 11) is 0. The number of fused-ring (bicyclic) bond motifs is 1. The van der Waals surface area contributed by atoms with Crippen molar-refractivity contribution in [3.63, 3.8) is 0 Å². The van der Waals surface area contributed by atoms with E-state index in [1.165, 1.54) is 0 Å². The van der Waals surface area contributed by atoms with Gasteiger partial charge in [-0.25, -0.2) is 4.98 Å². The number of hydrogen-bond donors (Lipinski definition) is 0. The Morgan fingerprint density at radius 1 is 1.27 bits per heavy atom. The van der Waals surface area contributed by atoms with Gasteiger partial charge in [-0.05, 0) is 52.2 Å². The van der Waals surface area contributed by atoms with Crippen LogP contribution in [0.15, 0.2) is 24.3 Å². The van der Waals surface area contributed by atoms with Crippen LogP contribution < -0.4 is 0 Å². The SMILES string of the molecule is C[C@@H]1CCC[C@H](C)N1C(=O)[C@@H](C)OC(=O)CCc1nc2ccccc2s1. The molecule has 1 aliphatic heterocycles. The number of hydrogen-bond acceptors (Lipinski definition) is 5. The number of thiazole rings is 1. The molecule has 0 aliphatic carbocycles. The van der Waals surface area contributed by atoms with E-state index in [1.807, 2.05) is 29.2 Å². The van der Waals surface area contributed by atoms with Crippen molar-refractivity contribution in [3.8, 4) is 0 Å². The van der Waals surface area contributed by atoms with Crippen LogP contribution in [-0.2, 0) is 20.7 Å². The van der Waals surface area contributed by atoms with Crippen LogP contribution in [0.5, 0.6) is 0 Å². The second kappa shape index (κ2) is 8.16. The number of piperidine rings is 1. The van der Waals surface area contributed by atoms with Gasteiger partial charge >= 0.3 is 5.97 Å². The molecule has 1 fully saturated rings. The third-order valence-corrected chi connectivity index (χ3v) is 6.08. The monoisotopic (exact) mass is 374 g/mol. The summed E-state index contributed by atoms with van der Waals surface area (Å²) in [6.07, 6.45) is 3.20. The molecule has 1 saturated heterocycles. The fraction of sp³-hybridized carbons (Fsp3) is 0.550. The minimum atomic E-state index is -0.735. The Bertz CT molecular complexity index is 745. The first kappa shape index (κ1) is 18.8. The predicted molar refractivity (Wildman–Crippen MR) is 103 cm³/mol. The molecule has 0 unspecified atom stereocenters. The number of aromatic nitrogens is 1. The molecule has 0 saturated carbocycles. The molecule has 1 aliphatic rings. The van der Waals surface area contributed by atoms with Crippen molar-refractivity contribution in [2.45, 2.75) is 71.1 Å². The lowest BCUT2D eigenvalue weighted by Crippen LogP contribution is -2.51. The molecule has 140 valence electrons. The van der Waals surface area contributed by atoms with Gasteiger partial charge < -0.3 is 9.64 Å². The summed E-state index contributed by atoms with van der Waals surface area (Å²) in [5.74, 6) is -0.430. The van der Waals surface area contributed by atoms with Gasteiger partial charge in [0, 0.05) is 18.5 Å². The maximum absolute atomic E-state index is 12.7. The van der Waals surface area contributed by atoms with Crippen molar-refractivity contribution in [2.75, 3.05) is 0 Å². The highest BCUT2D eigenvalue weighted by Crippen LogP contribution is 2.24. The molecular formula is C20H26N2O3S. The zero-order valence-corrected chi connectivity index (χ0v) is 16.4. The first-order valence-corrected chi connectivity index (χ1v) is 10.1. The van der Waals surface area contributed by atoms with E-state index in [2.05, 4.69) is 18.8 Å². The van der Waals surface area contributed by atoms with E-state index in [9.17, 15) is 9.59 Å². The lowest BCUT2D eigenvalue weighted by atomic mass is 9.97. The molecule has 3 rings (SSSR count). The first-order valence-electron chi connectivity index (χ1n) is 9.32. The van der Waals surface area contributed by atoms with Crippen molar-refractivity contribution in [3.05, 3.63) is 29.3 Å².